The van der Waals surface area contributed by atoms with Crippen molar-refractivity contribution in [3.63, 3.8) is 0 Å². The minimum Gasteiger partial charge on any atom is -0.340 e. The van der Waals surface area contributed by atoms with Gasteiger partial charge in [0.2, 0.25) is 0 Å². The number of nitrogens with zero attached hydrogens (tertiary/aromatic N) is 6. The third-order valence-electron chi connectivity index (χ3n) is 3.13. The van der Waals surface area contributed by atoms with E-state index >= 15 is 0 Å². The normalized spacial score (nSPS) is 12.4. The average molecular weight is 319 g/mol. The summed E-state index contributed by atoms with van der Waals surface area (Å²) in [6.07, 6.45) is 7.24. The van der Waals surface area contributed by atoms with Gasteiger partial charge in [0.1, 0.15) is 23.0 Å². The van der Waals surface area contributed by atoms with Crippen LogP contribution in [0.2, 0.25) is 5.02 Å². The second-order valence-corrected chi connectivity index (χ2v) is 5.24. The Morgan fingerprint density at radius 2 is 1.77 bits per heavy atom. The molecule has 112 valence electrons. The maximum Gasteiger partial charge on any atom is 0.159 e. The Kier molecular flexibility index (Phi) is 3.81. The fraction of sp³-hybridized carbons (Fsp3) is 0.214. The zero-order valence-electron chi connectivity index (χ0n) is 11.9. The van der Waals surface area contributed by atoms with Gasteiger partial charge in [0.25, 0.3) is 0 Å². The van der Waals surface area contributed by atoms with E-state index in [0.717, 1.165) is 12.4 Å². The van der Waals surface area contributed by atoms with Gasteiger partial charge in [-0.15, -0.1) is 0 Å². The summed E-state index contributed by atoms with van der Waals surface area (Å²) < 4.78 is 14.7. The van der Waals surface area contributed by atoms with Crippen LogP contribution in [0.25, 0.3) is 11.4 Å². The molecule has 0 saturated carbocycles. The van der Waals surface area contributed by atoms with Gasteiger partial charge in [0.05, 0.1) is 29.7 Å². The van der Waals surface area contributed by atoms with Crippen LogP contribution in [0.3, 0.4) is 0 Å². The van der Waals surface area contributed by atoms with Crippen LogP contribution >= 0.6 is 11.6 Å². The number of aromatic nitrogens is 6. The van der Waals surface area contributed by atoms with Gasteiger partial charge < -0.3 is 4.57 Å². The van der Waals surface area contributed by atoms with E-state index in [2.05, 4.69) is 24.9 Å². The van der Waals surface area contributed by atoms with Crippen molar-refractivity contribution < 1.29 is 4.39 Å². The molecule has 6 nitrogen and oxygen atoms in total. The Labute approximate surface area is 131 Å². The molecule has 0 saturated heterocycles. The first kappa shape index (κ1) is 14.5. The number of imidazole rings is 1. The van der Waals surface area contributed by atoms with Crippen LogP contribution in [0.4, 0.5) is 4.39 Å². The lowest BCUT2D eigenvalue weighted by Crippen LogP contribution is -2.07. The molecular weight excluding hydrogens is 307 g/mol. The summed E-state index contributed by atoms with van der Waals surface area (Å²) in [5, 5.41) is 0.412. The largest absolute Gasteiger partial charge is 0.340 e. The molecule has 0 aliphatic heterocycles. The average Bonchev–Trinajstić information content (AvgIpc) is 2.94. The van der Waals surface area contributed by atoms with Crippen LogP contribution in [0, 0.1) is 5.82 Å². The number of rotatable bonds is 3. The van der Waals surface area contributed by atoms with Crippen molar-refractivity contribution in [1.82, 2.24) is 29.5 Å². The lowest BCUT2D eigenvalue weighted by Gasteiger charge is -2.10. The van der Waals surface area contributed by atoms with Crippen LogP contribution < -0.4 is 0 Å². The number of hydrogen-bond donors (Lipinski definition) is 0. The lowest BCUT2D eigenvalue weighted by molar-refractivity contribution is 0.604. The smallest absolute Gasteiger partial charge is 0.159 e. The van der Waals surface area contributed by atoms with Crippen molar-refractivity contribution in [3.05, 3.63) is 53.6 Å². The molecule has 22 heavy (non-hydrogen) atoms. The fourth-order valence-corrected chi connectivity index (χ4v) is 2.15. The summed E-state index contributed by atoms with van der Waals surface area (Å²) in [5.74, 6) is 0.162. The van der Waals surface area contributed by atoms with Gasteiger partial charge in [-0.3, -0.25) is 0 Å². The molecule has 0 N–H and O–H groups in total. The van der Waals surface area contributed by atoms with Gasteiger partial charge in [-0.05, 0) is 6.92 Å². The Hall–Kier alpha value is -2.41. The van der Waals surface area contributed by atoms with Gasteiger partial charge in [-0.1, -0.05) is 11.6 Å². The first-order valence-electron chi connectivity index (χ1n) is 6.53. The Morgan fingerprint density at radius 1 is 1.09 bits per heavy atom. The Morgan fingerprint density at radius 3 is 2.41 bits per heavy atom. The molecule has 0 aliphatic carbocycles. The molecule has 3 heterocycles. The van der Waals surface area contributed by atoms with Crippen molar-refractivity contribution in [3.8, 4) is 11.4 Å². The maximum atomic E-state index is 12.9. The van der Waals surface area contributed by atoms with Crippen molar-refractivity contribution in [2.75, 3.05) is 0 Å². The van der Waals surface area contributed by atoms with E-state index in [1.165, 1.54) is 6.20 Å². The molecule has 3 aromatic rings. The maximum absolute atomic E-state index is 12.9. The van der Waals surface area contributed by atoms with Crippen LogP contribution in [0.5, 0.6) is 0 Å². The highest BCUT2D eigenvalue weighted by atomic mass is 35.5. The van der Waals surface area contributed by atoms with E-state index in [9.17, 15) is 4.39 Å². The van der Waals surface area contributed by atoms with Gasteiger partial charge in [-0.2, -0.15) is 0 Å². The predicted octanol–water partition coefficient (Wildman–Crippen LogP) is 2.61. The molecule has 8 heteroatoms. The molecule has 0 bridgehead atoms. The van der Waals surface area contributed by atoms with E-state index in [-0.39, 0.29) is 5.92 Å². The Bertz CT molecular complexity index is 801. The van der Waals surface area contributed by atoms with Gasteiger partial charge >= 0.3 is 0 Å². The minimum atomic E-state index is -0.484. The lowest BCUT2D eigenvalue weighted by atomic mass is 10.1. The molecular formula is C14H12ClFN6. The monoisotopic (exact) mass is 318 g/mol. The summed E-state index contributed by atoms with van der Waals surface area (Å²) in [5.41, 5.74) is 1.20. The third kappa shape index (κ3) is 2.80. The van der Waals surface area contributed by atoms with Crippen molar-refractivity contribution in [2.45, 2.75) is 12.8 Å². The first-order chi connectivity index (χ1) is 10.5. The highest BCUT2D eigenvalue weighted by molar-refractivity contribution is 6.32. The SMILES string of the molecule is C[C@@H](c1ncc(F)cn1)c1ncc(Cl)c(-c2cn(C)cn2)n1. The Balaban J connectivity index is 1.99. The molecule has 1 atom stereocenters. The van der Waals surface area contributed by atoms with Gasteiger partial charge in [0.15, 0.2) is 5.82 Å². The molecule has 0 aromatic carbocycles. The van der Waals surface area contributed by atoms with E-state index in [4.69, 9.17) is 11.6 Å². The highest BCUT2D eigenvalue weighted by Gasteiger charge is 2.18. The summed E-state index contributed by atoms with van der Waals surface area (Å²) in [4.78, 5) is 20.8. The fourth-order valence-electron chi connectivity index (χ4n) is 1.97. The molecule has 0 radical (unpaired) electrons. The first-order valence-corrected chi connectivity index (χ1v) is 6.90. The number of aryl methyl sites for hydroxylation is 1. The van der Waals surface area contributed by atoms with E-state index in [1.807, 2.05) is 20.2 Å². The summed E-state index contributed by atoms with van der Waals surface area (Å²) >= 11 is 6.16. The van der Waals surface area contributed by atoms with Crippen molar-refractivity contribution in [1.29, 1.82) is 0 Å². The highest BCUT2D eigenvalue weighted by Crippen LogP contribution is 2.26. The quantitative estimate of drug-likeness (QED) is 0.742. The van der Waals surface area contributed by atoms with Crippen molar-refractivity contribution >= 4 is 11.6 Å². The summed E-state index contributed by atoms with van der Waals surface area (Å²) in [6, 6.07) is 0. The van der Waals surface area contributed by atoms with Crippen LogP contribution in [0.1, 0.15) is 24.5 Å². The molecule has 0 fully saturated rings. The van der Waals surface area contributed by atoms with Gasteiger partial charge in [-0.25, -0.2) is 29.3 Å². The molecule has 0 amide bonds. The number of hydrogen-bond acceptors (Lipinski definition) is 5. The topological polar surface area (TPSA) is 69.4 Å². The minimum absolute atomic E-state index is 0.291. The van der Waals surface area contributed by atoms with E-state index in [0.29, 0.717) is 28.1 Å². The van der Waals surface area contributed by atoms with Gasteiger partial charge in [0, 0.05) is 19.4 Å². The van der Waals surface area contributed by atoms with E-state index in [1.54, 1.807) is 10.9 Å². The zero-order chi connectivity index (χ0) is 15.7. The predicted molar refractivity (Wildman–Crippen MR) is 78.8 cm³/mol. The molecule has 0 spiro atoms. The van der Waals surface area contributed by atoms with Crippen molar-refractivity contribution in [2.24, 2.45) is 7.05 Å². The molecule has 3 aromatic heterocycles. The third-order valence-corrected chi connectivity index (χ3v) is 3.40. The van der Waals surface area contributed by atoms with Crippen LogP contribution in [0.15, 0.2) is 31.1 Å². The zero-order valence-corrected chi connectivity index (χ0v) is 12.7. The van der Waals surface area contributed by atoms with E-state index < -0.39 is 5.82 Å². The second-order valence-electron chi connectivity index (χ2n) is 4.83. The number of halogens is 2. The van der Waals surface area contributed by atoms with Crippen LogP contribution in [-0.4, -0.2) is 29.5 Å². The van der Waals surface area contributed by atoms with Crippen LogP contribution in [-0.2, 0) is 7.05 Å². The summed E-state index contributed by atoms with van der Waals surface area (Å²) in [6.45, 7) is 1.85. The molecule has 0 unspecified atom stereocenters. The molecule has 0 aliphatic rings. The summed E-state index contributed by atoms with van der Waals surface area (Å²) in [7, 11) is 1.86. The standard InChI is InChI=1S/C14H12ClFN6/c1-8(13-17-3-9(16)4-18-13)14-19-5-10(15)12(21-14)11-6-22(2)7-20-11/h3-8H,1-2H3/t8-/m0/s1. The molecule has 3 rings (SSSR count). The second kappa shape index (κ2) is 5.76.